The van der Waals surface area contributed by atoms with Gasteiger partial charge in [0, 0.05) is 10.9 Å². The molecular formula is C18H14N4O3S. The highest BCUT2D eigenvalue weighted by molar-refractivity contribution is 7.08. The number of carbonyl (C=O) groups excluding carboxylic acids is 1. The Morgan fingerprint density at radius 1 is 1.12 bits per heavy atom. The van der Waals surface area contributed by atoms with E-state index in [2.05, 4.69) is 20.1 Å². The molecule has 0 amide bonds. The number of rotatable bonds is 4. The lowest BCUT2D eigenvalue weighted by atomic mass is 10.2. The lowest BCUT2D eigenvalue weighted by molar-refractivity contribution is 0.0430. The molecule has 7 nitrogen and oxygen atoms in total. The van der Waals surface area contributed by atoms with E-state index in [1.165, 1.54) is 0 Å². The van der Waals surface area contributed by atoms with Gasteiger partial charge in [-0.2, -0.15) is 16.3 Å². The van der Waals surface area contributed by atoms with Gasteiger partial charge in [0.25, 0.3) is 5.89 Å². The number of thiophene rings is 1. The third-order valence-electron chi connectivity index (χ3n) is 3.89. The van der Waals surface area contributed by atoms with Crippen LogP contribution in [0.3, 0.4) is 0 Å². The molecule has 1 aromatic carbocycles. The summed E-state index contributed by atoms with van der Waals surface area (Å²) in [4.78, 5) is 25.4. The van der Waals surface area contributed by atoms with Crippen LogP contribution in [0.15, 0.2) is 39.5 Å². The third-order valence-corrected chi connectivity index (χ3v) is 4.57. The third kappa shape index (κ3) is 3.18. The Morgan fingerprint density at radius 3 is 2.69 bits per heavy atom. The molecule has 0 saturated carbocycles. The molecule has 0 spiro atoms. The molecule has 0 N–H and O–H groups in total. The van der Waals surface area contributed by atoms with Crippen LogP contribution in [0.4, 0.5) is 0 Å². The molecule has 130 valence electrons. The van der Waals surface area contributed by atoms with Gasteiger partial charge in [0.05, 0.1) is 28.0 Å². The highest BCUT2D eigenvalue weighted by atomic mass is 32.1. The number of fused-ring (bicyclic) bond motifs is 1. The summed E-state index contributed by atoms with van der Waals surface area (Å²) < 4.78 is 10.4. The summed E-state index contributed by atoms with van der Waals surface area (Å²) in [7, 11) is 0. The first-order valence-electron chi connectivity index (χ1n) is 7.87. The number of aromatic nitrogens is 4. The van der Waals surface area contributed by atoms with E-state index in [0.717, 1.165) is 22.5 Å². The van der Waals surface area contributed by atoms with Crippen LogP contribution < -0.4 is 0 Å². The molecular weight excluding hydrogens is 352 g/mol. The van der Waals surface area contributed by atoms with E-state index in [0.29, 0.717) is 16.9 Å². The van der Waals surface area contributed by atoms with Crippen molar-refractivity contribution in [1.82, 2.24) is 20.1 Å². The summed E-state index contributed by atoms with van der Waals surface area (Å²) >= 11 is 1.54. The standard InChI is InChI=1S/C18H14N4O3S/c1-10-11(2)20-15-7-12(3-4-14(15)19-10)18(23)24-8-16-21-17(22-25-16)13-5-6-26-9-13/h3-7,9H,8H2,1-2H3. The summed E-state index contributed by atoms with van der Waals surface area (Å²) in [6, 6.07) is 6.98. The maximum absolute atomic E-state index is 12.3. The molecule has 0 saturated heterocycles. The molecule has 0 aliphatic rings. The predicted molar refractivity (Wildman–Crippen MR) is 95.7 cm³/mol. The minimum absolute atomic E-state index is 0.0907. The summed E-state index contributed by atoms with van der Waals surface area (Å²) in [5.41, 5.74) is 4.35. The minimum atomic E-state index is -0.484. The summed E-state index contributed by atoms with van der Waals surface area (Å²) in [6.07, 6.45) is 0. The van der Waals surface area contributed by atoms with Crippen molar-refractivity contribution in [2.75, 3.05) is 0 Å². The first-order valence-corrected chi connectivity index (χ1v) is 8.82. The zero-order valence-electron chi connectivity index (χ0n) is 14.1. The van der Waals surface area contributed by atoms with Crippen molar-refractivity contribution in [3.63, 3.8) is 0 Å². The molecule has 4 rings (SSSR count). The van der Waals surface area contributed by atoms with Crippen molar-refractivity contribution >= 4 is 28.3 Å². The first kappa shape index (κ1) is 16.3. The topological polar surface area (TPSA) is 91.0 Å². The average molecular weight is 366 g/mol. The van der Waals surface area contributed by atoms with Crippen molar-refractivity contribution < 1.29 is 14.1 Å². The first-order chi connectivity index (χ1) is 12.6. The van der Waals surface area contributed by atoms with Gasteiger partial charge in [-0.15, -0.1) is 0 Å². The average Bonchev–Trinajstić information content (AvgIpc) is 3.31. The Labute approximate surface area is 152 Å². The lowest BCUT2D eigenvalue weighted by Gasteiger charge is -2.05. The van der Waals surface area contributed by atoms with Gasteiger partial charge in [-0.3, -0.25) is 0 Å². The second-order valence-electron chi connectivity index (χ2n) is 5.70. The van der Waals surface area contributed by atoms with E-state index in [-0.39, 0.29) is 12.5 Å². The Balaban J connectivity index is 1.48. The lowest BCUT2D eigenvalue weighted by Crippen LogP contribution is -2.06. The number of benzene rings is 1. The van der Waals surface area contributed by atoms with Crippen LogP contribution >= 0.6 is 11.3 Å². The predicted octanol–water partition coefficient (Wildman–Crippen LogP) is 3.72. The molecule has 8 heteroatoms. The second kappa shape index (κ2) is 6.64. The SMILES string of the molecule is Cc1nc2ccc(C(=O)OCc3nc(-c4ccsc4)no3)cc2nc1C. The quantitative estimate of drug-likeness (QED) is 0.508. The highest BCUT2D eigenvalue weighted by Gasteiger charge is 2.14. The van der Waals surface area contributed by atoms with Gasteiger partial charge < -0.3 is 9.26 Å². The van der Waals surface area contributed by atoms with Gasteiger partial charge in [0.2, 0.25) is 5.82 Å². The fourth-order valence-electron chi connectivity index (χ4n) is 2.39. The molecule has 0 atom stereocenters. The number of hydrogen-bond donors (Lipinski definition) is 0. The molecule has 0 unspecified atom stereocenters. The van der Waals surface area contributed by atoms with Crippen LogP contribution in [-0.4, -0.2) is 26.1 Å². The zero-order chi connectivity index (χ0) is 18.1. The van der Waals surface area contributed by atoms with Crippen LogP contribution in [-0.2, 0) is 11.3 Å². The highest BCUT2D eigenvalue weighted by Crippen LogP contribution is 2.19. The Kier molecular flexibility index (Phi) is 4.18. The number of esters is 1. The Bertz CT molecular complexity index is 1090. The normalized spacial score (nSPS) is 11.0. The molecule has 3 heterocycles. The maximum Gasteiger partial charge on any atom is 0.338 e. The number of aryl methyl sites for hydroxylation is 2. The molecule has 0 radical (unpaired) electrons. The smallest absolute Gasteiger partial charge is 0.338 e. The summed E-state index contributed by atoms with van der Waals surface area (Å²) in [6.45, 7) is 3.69. The Hall–Kier alpha value is -3.13. The van der Waals surface area contributed by atoms with Crippen molar-refractivity contribution in [2.24, 2.45) is 0 Å². The van der Waals surface area contributed by atoms with Gasteiger partial charge in [-0.25, -0.2) is 14.8 Å². The fraction of sp³-hybridized carbons (Fsp3) is 0.167. The van der Waals surface area contributed by atoms with Gasteiger partial charge >= 0.3 is 5.97 Å². The fourth-order valence-corrected chi connectivity index (χ4v) is 3.03. The van der Waals surface area contributed by atoms with E-state index >= 15 is 0 Å². The summed E-state index contributed by atoms with van der Waals surface area (Å²) in [5, 5.41) is 7.72. The van der Waals surface area contributed by atoms with Crippen LogP contribution in [0, 0.1) is 13.8 Å². The maximum atomic E-state index is 12.3. The van der Waals surface area contributed by atoms with Crippen molar-refractivity contribution in [2.45, 2.75) is 20.5 Å². The number of hydrogen-bond acceptors (Lipinski definition) is 8. The second-order valence-corrected chi connectivity index (χ2v) is 6.48. The molecule has 3 aromatic heterocycles. The van der Waals surface area contributed by atoms with Crippen LogP contribution in [0.1, 0.15) is 27.6 Å². The number of nitrogens with zero attached hydrogens (tertiary/aromatic N) is 4. The van der Waals surface area contributed by atoms with E-state index in [4.69, 9.17) is 9.26 Å². The molecule has 0 aliphatic carbocycles. The van der Waals surface area contributed by atoms with E-state index < -0.39 is 5.97 Å². The van der Waals surface area contributed by atoms with E-state index in [9.17, 15) is 4.79 Å². The molecule has 0 bridgehead atoms. The van der Waals surface area contributed by atoms with Crippen molar-refractivity contribution in [3.8, 4) is 11.4 Å². The summed E-state index contributed by atoms with van der Waals surface area (Å²) in [5.74, 6) is 0.234. The van der Waals surface area contributed by atoms with Crippen LogP contribution in [0.2, 0.25) is 0 Å². The van der Waals surface area contributed by atoms with E-state index in [1.54, 1.807) is 29.5 Å². The van der Waals surface area contributed by atoms with Gasteiger partial charge in [-0.1, -0.05) is 5.16 Å². The van der Waals surface area contributed by atoms with E-state index in [1.807, 2.05) is 30.7 Å². The van der Waals surface area contributed by atoms with Crippen LogP contribution in [0.5, 0.6) is 0 Å². The largest absolute Gasteiger partial charge is 0.452 e. The van der Waals surface area contributed by atoms with Gasteiger partial charge in [-0.05, 0) is 43.5 Å². The molecule has 0 aliphatic heterocycles. The van der Waals surface area contributed by atoms with Crippen LogP contribution in [0.25, 0.3) is 22.4 Å². The van der Waals surface area contributed by atoms with Gasteiger partial charge in [0.15, 0.2) is 6.61 Å². The number of carbonyl (C=O) groups is 1. The van der Waals surface area contributed by atoms with Crippen molar-refractivity contribution in [3.05, 3.63) is 57.9 Å². The minimum Gasteiger partial charge on any atom is -0.452 e. The monoisotopic (exact) mass is 366 g/mol. The molecule has 4 aromatic rings. The Morgan fingerprint density at radius 2 is 1.92 bits per heavy atom. The van der Waals surface area contributed by atoms with Gasteiger partial charge in [0.1, 0.15) is 0 Å². The molecule has 0 fully saturated rings. The molecule has 26 heavy (non-hydrogen) atoms. The van der Waals surface area contributed by atoms with Crippen molar-refractivity contribution in [1.29, 1.82) is 0 Å². The number of ether oxygens (including phenoxy) is 1. The zero-order valence-corrected chi connectivity index (χ0v) is 14.9.